The fourth-order valence-electron chi connectivity index (χ4n) is 0.680. The lowest BCUT2D eigenvalue weighted by Gasteiger charge is -2.02. The third kappa shape index (κ3) is 1.30. The number of benzene rings is 1. The first-order valence-electron chi connectivity index (χ1n) is 2.82. The Labute approximate surface area is 62.9 Å². The van der Waals surface area contributed by atoms with Gasteiger partial charge in [0.1, 0.15) is 11.5 Å². The molecular weight excluding hydrogens is 144 g/mol. The lowest BCUT2D eigenvalue weighted by molar-refractivity contribution is 0.411. The van der Waals surface area contributed by atoms with Gasteiger partial charge in [-0.2, -0.15) is 0 Å². The van der Waals surface area contributed by atoms with E-state index >= 15 is 0 Å². The van der Waals surface area contributed by atoms with Crippen LogP contribution in [-0.2, 0) is 0 Å². The van der Waals surface area contributed by atoms with Gasteiger partial charge in [-0.3, -0.25) is 0 Å². The van der Waals surface area contributed by atoms with Gasteiger partial charge in [-0.25, -0.2) is 0 Å². The molecule has 1 aromatic rings. The highest BCUT2D eigenvalue weighted by Gasteiger charge is 1.96. The van der Waals surface area contributed by atoms with Crippen LogP contribution >= 0.6 is 0 Å². The lowest BCUT2D eigenvalue weighted by Crippen LogP contribution is -2.05. The molecule has 0 saturated carbocycles. The number of methoxy groups -OCH3 is 1. The molecule has 0 saturated heterocycles. The van der Waals surface area contributed by atoms with E-state index in [0.29, 0.717) is 5.75 Å². The molecule has 1 rings (SSSR count). The second kappa shape index (κ2) is 2.75. The van der Waals surface area contributed by atoms with Crippen LogP contribution in [0.3, 0.4) is 0 Å². The predicted molar refractivity (Wildman–Crippen MR) is 40.0 cm³/mol. The normalized spacial score (nSPS) is 9.40. The molecule has 0 unspecified atom stereocenters. The predicted octanol–water partition coefficient (Wildman–Crippen LogP) is 0.195. The van der Waals surface area contributed by atoms with Crippen LogP contribution in [0.15, 0.2) is 18.2 Å². The van der Waals surface area contributed by atoms with Crippen molar-refractivity contribution in [3.63, 3.8) is 0 Å². The van der Waals surface area contributed by atoms with E-state index in [1.807, 2.05) is 0 Å². The molecule has 1 N–H and O–H groups in total. The number of phenols is 1. The summed E-state index contributed by atoms with van der Waals surface area (Å²) in [4.78, 5) is 0. The van der Waals surface area contributed by atoms with Crippen LogP contribution in [0, 0.1) is 0 Å². The molecule has 0 spiro atoms. The lowest BCUT2D eigenvalue weighted by atomic mass is 10.3. The van der Waals surface area contributed by atoms with Crippen molar-refractivity contribution in [2.75, 3.05) is 7.11 Å². The third-order valence-electron chi connectivity index (χ3n) is 1.19. The molecule has 0 aromatic heterocycles. The average molecular weight is 151 g/mol. The zero-order valence-electron chi connectivity index (χ0n) is 5.59. The number of hydrogen-bond acceptors (Lipinski definition) is 2. The zero-order valence-corrected chi connectivity index (χ0v) is 6.59. The van der Waals surface area contributed by atoms with E-state index in [1.165, 1.54) is 0 Å². The maximum atomic E-state index is 8.97. The van der Waals surface area contributed by atoms with Gasteiger partial charge in [-0.15, -0.1) is 0 Å². The molecule has 0 heterocycles. The number of aromatic hydroxyl groups is 1. The van der Waals surface area contributed by atoms with E-state index in [-0.39, 0.29) is 5.75 Å². The molecule has 0 bridgehead atoms. The number of phenolic OH excluding ortho intramolecular Hbond substituents is 1. The van der Waals surface area contributed by atoms with Crippen molar-refractivity contribution < 1.29 is 9.84 Å². The minimum absolute atomic E-state index is 0.207. The third-order valence-corrected chi connectivity index (χ3v) is 1.60. The summed E-state index contributed by atoms with van der Waals surface area (Å²) in [6.07, 6.45) is 0. The summed E-state index contributed by atoms with van der Waals surface area (Å²) in [5.74, 6) is 0.843. The van der Waals surface area contributed by atoms with E-state index in [2.05, 4.69) is 10.2 Å². The van der Waals surface area contributed by atoms with E-state index in [4.69, 9.17) is 9.84 Å². The molecule has 3 radical (unpaired) electrons. The highest BCUT2D eigenvalue weighted by atomic mass is 28.1. The Balaban J connectivity index is 3.09. The topological polar surface area (TPSA) is 29.5 Å². The summed E-state index contributed by atoms with van der Waals surface area (Å²) in [7, 11) is 4.86. The molecule has 0 amide bonds. The maximum absolute atomic E-state index is 8.97. The molecule has 51 valence electrons. The van der Waals surface area contributed by atoms with Crippen LogP contribution in [0.2, 0.25) is 0 Å². The highest BCUT2D eigenvalue weighted by Crippen LogP contribution is 2.13. The fraction of sp³-hybridized carbons (Fsp3) is 0.143. The van der Waals surface area contributed by atoms with E-state index in [1.54, 1.807) is 25.3 Å². The summed E-state index contributed by atoms with van der Waals surface area (Å²) in [6.45, 7) is 0. The Kier molecular flexibility index (Phi) is 1.96. The SMILES string of the molecule is COc1cc(O)ccc1[Si]. The standard InChI is InChI=1S/C7H7O2Si/c1-9-6-4-5(8)2-3-7(6)10/h2-4,8H,1H3. The Hall–Kier alpha value is -0.963. The van der Waals surface area contributed by atoms with Crippen LogP contribution in [0.1, 0.15) is 0 Å². The number of ether oxygens (including phenoxy) is 1. The van der Waals surface area contributed by atoms with E-state index in [9.17, 15) is 0 Å². The van der Waals surface area contributed by atoms with Gasteiger partial charge in [0.25, 0.3) is 0 Å². The molecule has 1 aromatic carbocycles. The van der Waals surface area contributed by atoms with Crippen molar-refractivity contribution in [2.24, 2.45) is 0 Å². The minimum atomic E-state index is 0.207. The molecule has 2 nitrogen and oxygen atoms in total. The first-order chi connectivity index (χ1) is 4.74. The van der Waals surface area contributed by atoms with Crippen molar-refractivity contribution in [1.29, 1.82) is 0 Å². The second-order valence-electron chi connectivity index (χ2n) is 1.88. The Morgan fingerprint density at radius 1 is 1.50 bits per heavy atom. The summed E-state index contributed by atoms with van der Waals surface area (Å²) < 4.78 is 4.92. The molecule has 0 fully saturated rings. The highest BCUT2D eigenvalue weighted by molar-refractivity contribution is 6.34. The Bertz CT molecular complexity index is 235. The average Bonchev–Trinajstić information content (AvgIpc) is 1.94. The monoisotopic (exact) mass is 151 g/mol. The van der Waals surface area contributed by atoms with Crippen LogP contribution in [0.4, 0.5) is 0 Å². The maximum Gasteiger partial charge on any atom is 0.120 e. The van der Waals surface area contributed by atoms with Crippen molar-refractivity contribution >= 4 is 15.4 Å². The Morgan fingerprint density at radius 3 is 2.70 bits per heavy atom. The van der Waals surface area contributed by atoms with Crippen molar-refractivity contribution in [3.8, 4) is 11.5 Å². The van der Waals surface area contributed by atoms with Crippen LogP contribution < -0.4 is 9.92 Å². The first kappa shape index (κ1) is 7.15. The van der Waals surface area contributed by atoms with Gasteiger partial charge >= 0.3 is 0 Å². The molecule has 3 heteroatoms. The van der Waals surface area contributed by atoms with Gasteiger partial charge in [0, 0.05) is 6.07 Å². The summed E-state index contributed by atoms with van der Waals surface area (Å²) in [6, 6.07) is 4.86. The molecule has 0 atom stereocenters. The van der Waals surface area contributed by atoms with E-state index in [0.717, 1.165) is 5.19 Å². The molecule has 0 aliphatic rings. The summed E-state index contributed by atoms with van der Waals surface area (Å²) >= 11 is 0. The molecule has 0 aliphatic heterocycles. The van der Waals surface area contributed by atoms with Crippen LogP contribution in [0.5, 0.6) is 11.5 Å². The minimum Gasteiger partial charge on any atom is -0.508 e. The van der Waals surface area contributed by atoms with Gasteiger partial charge < -0.3 is 9.84 Å². The van der Waals surface area contributed by atoms with Crippen molar-refractivity contribution in [3.05, 3.63) is 18.2 Å². The first-order valence-corrected chi connectivity index (χ1v) is 3.32. The summed E-state index contributed by atoms with van der Waals surface area (Å²) in [5.41, 5.74) is 0. The number of hydrogen-bond donors (Lipinski definition) is 1. The molecule has 10 heavy (non-hydrogen) atoms. The van der Waals surface area contributed by atoms with Gasteiger partial charge in [0.2, 0.25) is 0 Å². The zero-order chi connectivity index (χ0) is 7.56. The fourth-order valence-corrected chi connectivity index (χ4v) is 0.937. The largest absolute Gasteiger partial charge is 0.508 e. The molecule has 0 aliphatic carbocycles. The van der Waals surface area contributed by atoms with Crippen molar-refractivity contribution in [1.82, 2.24) is 0 Å². The smallest absolute Gasteiger partial charge is 0.120 e. The van der Waals surface area contributed by atoms with Crippen LogP contribution in [-0.4, -0.2) is 22.5 Å². The van der Waals surface area contributed by atoms with Gasteiger partial charge in [0.15, 0.2) is 0 Å². The number of rotatable bonds is 1. The van der Waals surface area contributed by atoms with Gasteiger partial charge in [-0.05, 0) is 11.3 Å². The Morgan fingerprint density at radius 2 is 2.20 bits per heavy atom. The van der Waals surface area contributed by atoms with Crippen molar-refractivity contribution in [2.45, 2.75) is 0 Å². The van der Waals surface area contributed by atoms with Gasteiger partial charge in [0.05, 0.1) is 17.4 Å². The summed E-state index contributed by atoms with van der Waals surface area (Å²) in [5, 5.41) is 9.80. The van der Waals surface area contributed by atoms with E-state index < -0.39 is 0 Å². The second-order valence-corrected chi connectivity index (χ2v) is 2.42. The van der Waals surface area contributed by atoms with Gasteiger partial charge in [-0.1, -0.05) is 6.07 Å². The van der Waals surface area contributed by atoms with Crippen LogP contribution in [0.25, 0.3) is 0 Å². The quantitative estimate of drug-likeness (QED) is 0.581. The molecular formula is C7H7O2Si.